The van der Waals surface area contributed by atoms with E-state index in [0.29, 0.717) is 35.1 Å². The van der Waals surface area contributed by atoms with Crippen LogP contribution < -0.4 is 4.90 Å². The topological polar surface area (TPSA) is 99.4 Å². The summed E-state index contributed by atoms with van der Waals surface area (Å²) in [7, 11) is 0. The zero-order valence-corrected chi connectivity index (χ0v) is 19.2. The van der Waals surface area contributed by atoms with Gasteiger partial charge in [0.1, 0.15) is 0 Å². The Hall–Kier alpha value is -2.07. The van der Waals surface area contributed by atoms with Gasteiger partial charge >= 0.3 is 11.9 Å². The number of hydrogen-bond donors (Lipinski definition) is 0. The van der Waals surface area contributed by atoms with E-state index in [0.717, 1.165) is 25.9 Å². The van der Waals surface area contributed by atoms with Crippen LogP contribution in [0, 0.1) is 5.92 Å². The van der Waals surface area contributed by atoms with Crippen molar-refractivity contribution in [2.75, 3.05) is 42.7 Å². The number of hydrogen-bond acceptors (Lipinski definition) is 9. The van der Waals surface area contributed by atoms with E-state index in [1.165, 1.54) is 0 Å². The number of esters is 2. The highest BCUT2D eigenvalue weighted by Crippen LogP contribution is 2.45. The molecule has 9 nitrogen and oxygen atoms in total. The van der Waals surface area contributed by atoms with Gasteiger partial charge in [-0.05, 0) is 44.0 Å². The number of anilines is 1. The van der Waals surface area contributed by atoms with Crippen molar-refractivity contribution in [2.45, 2.75) is 38.6 Å². The normalized spacial score (nSPS) is 23.5. The molecule has 2 aliphatic rings. The fourth-order valence-corrected chi connectivity index (χ4v) is 6.17. The molecule has 0 aliphatic carbocycles. The molecule has 0 bridgehead atoms. The molecule has 2 aromatic rings. The van der Waals surface area contributed by atoms with Gasteiger partial charge in [-0.15, -0.1) is 0 Å². The van der Waals surface area contributed by atoms with Gasteiger partial charge < -0.3 is 14.4 Å². The zero-order chi connectivity index (χ0) is 22.0. The van der Waals surface area contributed by atoms with Crippen LogP contribution in [0.15, 0.2) is 6.33 Å². The molecule has 2 atom stereocenters. The molecule has 11 heteroatoms. The number of ether oxygens (including phenoxy) is 2. The molecule has 168 valence electrons. The fourth-order valence-electron chi connectivity index (χ4n) is 4.41. The van der Waals surface area contributed by atoms with E-state index in [2.05, 4.69) is 19.9 Å². The van der Waals surface area contributed by atoms with Crippen LogP contribution in [0.25, 0.3) is 11.2 Å². The molecule has 31 heavy (non-hydrogen) atoms. The molecule has 0 amide bonds. The first-order chi connectivity index (χ1) is 15.0. The highest BCUT2D eigenvalue weighted by molar-refractivity contribution is 7.99. The SMILES string of the molecule is CCOC(=O)CC1CSCC1(C(=O)OCC)n1cnc2c(N3CCCC3)nc(Cl)nc21. The number of imidazole rings is 1. The van der Waals surface area contributed by atoms with Crippen LogP contribution >= 0.6 is 23.4 Å². The predicted molar refractivity (Wildman–Crippen MR) is 118 cm³/mol. The molecule has 0 aromatic carbocycles. The largest absolute Gasteiger partial charge is 0.466 e. The maximum Gasteiger partial charge on any atom is 0.333 e. The van der Waals surface area contributed by atoms with Gasteiger partial charge in [-0.25, -0.2) is 9.78 Å². The van der Waals surface area contributed by atoms with Crippen molar-refractivity contribution in [3.8, 4) is 0 Å². The number of rotatable bonds is 7. The highest BCUT2D eigenvalue weighted by atomic mass is 35.5. The molecule has 2 saturated heterocycles. The number of nitrogens with zero attached hydrogens (tertiary/aromatic N) is 5. The van der Waals surface area contributed by atoms with Crippen LogP contribution in [0.2, 0.25) is 5.28 Å². The van der Waals surface area contributed by atoms with E-state index >= 15 is 0 Å². The standard InChI is InChI=1S/C20H26ClN5O4S/c1-3-29-14(27)9-13-10-31-11-20(13,18(28)30-4-2)26-12-22-15-16(25-7-5-6-8-25)23-19(21)24-17(15)26/h12-13H,3-11H2,1-2H3. The first kappa shape index (κ1) is 22.1. The first-order valence-electron chi connectivity index (χ1n) is 10.6. The Morgan fingerprint density at radius 3 is 2.68 bits per heavy atom. The Morgan fingerprint density at radius 2 is 1.97 bits per heavy atom. The van der Waals surface area contributed by atoms with Crippen LogP contribution in [0.4, 0.5) is 5.82 Å². The van der Waals surface area contributed by atoms with Crippen molar-refractivity contribution in [1.29, 1.82) is 0 Å². The molecule has 4 rings (SSSR count). The van der Waals surface area contributed by atoms with Crippen molar-refractivity contribution < 1.29 is 19.1 Å². The lowest BCUT2D eigenvalue weighted by Crippen LogP contribution is -2.49. The molecule has 2 aliphatic heterocycles. The van der Waals surface area contributed by atoms with Gasteiger partial charge in [0.05, 0.1) is 26.0 Å². The second-order valence-corrected chi connectivity index (χ2v) is 9.03. The minimum absolute atomic E-state index is 0.0998. The van der Waals surface area contributed by atoms with E-state index in [1.807, 2.05) is 0 Å². The summed E-state index contributed by atoms with van der Waals surface area (Å²) in [6.45, 7) is 5.81. The summed E-state index contributed by atoms with van der Waals surface area (Å²) in [6, 6.07) is 0. The molecular weight excluding hydrogens is 442 g/mol. The van der Waals surface area contributed by atoms with Crippen molar-refractivity contribution in [3.63, 3.8) is 0 Å². The predicted octanol–water partition coefficient (Wildman–Crippen LogP) is 2.65. The van der Waals surface area contributed by atoms with Gasteiger partial charge in [-0.1, -0.05) is 0 Å². The van der Waals surface area contributed by atoms with Crippen molar-refractivity contribution >= 4 is 52.3 Å². The zero-order valence-electron chi connectivity index (χ0n) is 17.7. The van der Waals surface area contributed by atoms with E-state index in [1.54, 1.807) is 36.5 Å². The molecule has 2 aromatic heterocycles. The Balaban J connectivity index is 1.84. The lowest BCUT2D eigenvalue weighted by Gasteiger charge is -2.33. The highest BCUT2D eigenvalue weighted by Gasteiger charge is 2.54. The Labute approximate surface area is 189 Å². The minimum atomic E-state index is -1.12. The molecule has 0 spiro atoms. The minimum Gasteiger partial charge on any atom is -0.466 e. The molecular formula is C20H26ClN5O4S. The summed E-state index contributed by atoms with van der Waals surface area (Å²) in [4.78, 5) is 41.3. The van der Waals surface area contributed by atoms with E-state index < -0.39 is 11.5 Å². The van der Waals surface area contributed by atoms with Crippen LogP contribution in [-0.2, 0) is 24.6 Å². The summed E-state index contributed by atoms with van der Waals surface area (Å²) in [6.07, 6.45) is 3.87. The third-order valence-electron chi connectivity index (χ3n) is 5.85. The van der Waals surface area contributed by atoms with Gasteiger partial charge in [0, 0.05) is 24.8 Å². The number of aromatic nitrogens is 4. The van der Waals surface area contributed by atoms with Crippen molar-refractivity contribution in [3.05, 3.63) is 11.6 Å². The second-order valence-electron chi connectivity index (χ2n) is 7.66. The summed E-state index contributed by atoms with van der Waals surface area (Å²) in [5, 5.41) is 0.0998. The maximum absolute atomic E-state index is 13.4. The fraction of sp³-hybridized carbons (Fsp3) is 0.650. The van der Waals surface area contributed by atoms with Gasteiger partial charge in [0.2, 0.25) is 5.28 Å². The lowest BCUT2D eigenvalue weighted by atomic mass is 9.84. The lowest BCUT2D eigenvalue weighted by molar-refractivity contribution is -0.156. The number of carbonyl (C=O) groups excluding carboxylic acids is 2. The van der Waals surface area contributed by atoms with Crippen LogP contribution in [0.3, 0.4) is 0 Å². The Kier molecular flexibility index (Phi) is 6.57. The van der Waals surface area contributed by atoms with Crippen LogP contribution in [-0.4, -0.2) is 69.3 Å². The van der Waals surface area contributed by atoms with Gasteiger partial charge in [-0.3, -0.25) is 9.36 Å². The number of carbonyl (C=O) groups is 2. The van der Waals surface area contributed by atoms with E-state index in [4.69, 9.17) is 21.1 Å². The smallest absolute Gasteiger partial charge is 0.333 e. The molecule has 2 fully saturated rings. The summed E-state index contributed by atoms with van der Waals surface area (Å²) in [5.41, 5.74) is -0.0460. The van der Waals surface area contributed by atoms with E-state index in [9.17, 15) is 9.59 Å². The first-order valence-corrected chi connectivity index (χ1v) is 12.1. The Morgan fingerprint density at radius 1 is 1.23 bits per heavy atom. The van der Waals surface area contributed by atoms with Crippen molar-refractivity contribution in [2.24, 2.45) is 5.92 Å². The molecule has 2 unspecified atom stereocenters. The van der Waals surface area contributed by atoms with Crippen LogP contribution in [0.1, 0.15) is 33.1 Å². The van der Waals surface area contributed by atoms with Gasteiger partial charge in [0.25, 0.3) is 0 Å². The maximum atomic E-state index is 13.4. The summed E-state index contributed by atoms with van der Waals surface area (Å²) in [5.74, 6) is 0.691. The molecule has 0 radical (unpaired) electrons. The number of fused-ring (bicyclic) bond motifs is 1. The third-order valence-corrected chi connectivity index (χ3v) is 7.30. The summed E-state index contributed by atoms with van der Waals surface area (Å²) >= 11 is 7.90. The van der Waals surface area contributed by atoms with Gasteiger partial charge in [0.15, 0.2) is 22.5 Å². The van der Waals surface area contributed by atoms with Gasteiger partial charge in [-0.2, -0.15) is 21.7 Å². The average Bonchev–Trinajstić information content (AvgIpc) is 3.48. The number of thioether (sulfide) groups is 1. The quantitative estimate of drug-likeness (QED) is 0.449. The average molecular weight is 468 g/mol. The number of halogens is 1. The molecule has 0 N–H and O–H groups in total. The molecule has 0 saturated carbocycles. The van der Waals surface area contributed by atoms with Crippen molar-refractivity contribution in [1.82, 2.24) is 19.5 Å². The molecule has 4 heterocycles. The summed E-state index contributed by atoms with van der Waals surface area (Å²) < 4.78 is 12.4. The monoisotopic (exact) mass is 467 g/mol. The third kappa shape index (κ3) is 3.95. The van der Waals surface area contributed by atoms with Crippen LogP contribution in [0.5, 0.6) is 0 Å². The van der Waals surface area contributed by atoms with E-state index in [-0.39, 0.29) is 30.2 Å². The Bertz CT molecular complexity index is 980. The second kappa shape index (κ2) is 9.20.